The first-order valence-electron chi connectivity index (χ1n) is 9.16. The molecule has 2 heterocycles. The molecule has 0 saturated carbocycles. The first-order chi connectivity index (χ1) is 10.7. The highest BCUT2D eigenvalue weighted by Crippen LogP contribution is 2.31. The maximum Gasteiger partial charge on any atom is 0.129 e. The monoisotopic (exact) mass is 308 g/mol. The van der Waals surface area contributed by atoms with Gasteiger partial charge < -0.3 is 14.3 Å². The van der Waals surface area contributed by atoms with E-state index in [1.54, 1.807) is 6.92 Å². The molecule has 22 heavy (non-hydrogen) atoms. The van der Waals surface area contributed by atoms with Gasteiger partial charge in [0.15, 0.2) is 0 Å². The largest absolute Gasteiger partial charge is 0.369 e. The number of hydrogen-bond donors (Lipinski definition) is 0. The summed E-state index contributed by atoms with van der Waals surface area (Å²) in [6.07, 6.45) is 17.8. The predicted molar refractivity (Wildman–Crippen MR) is 89.0 cm³/mol. The molecule has 0 spiro atoms. The summed E-state index contributed by atoms with van der Waals surface area (Å²) in [7, 11) is 0. The molecular weight excluding hydrogens is 276 g/mol. The van der Waals surface area contributed by atoms with Crippen molar-refractivity contribution in [3.63, 3.8) is 0 Å². The smallest absolute Gasteiger partial charge is 0.129 e. The van der Waals surface area contributed by atoms with Crippen LogP contribution in [-0.4, -0.2) is 30.2 Å². The first-order valence-corrected chi connectivity index (χ1v) is 9.16. The van der Waals surface area contributed by atoms with Crippen LogP contribution < -0.4 is 0 Å². The zero-order chi connectivity index (χ0) is 15.8. The predicted octanol–water partition coefficient (Wildman–Crippen LogP) is 4.59. The second kappa shape index (κ2) is 9.46. The fourth-order valence-electron chi connectivity index (χ4n) is 3.10. The molecule has 2 aliphatic rings. The minimum Gasteiger partial charge on any atom is -0.369 e. The summed E-state index contributed by atoms with van der Waals surface area (Å²) in [5, 5.41) is 0. The lowest BCUT2D eigenvalue weighted by molar-refractivity contribution is -0.117. The Morgan fingerprint density at radius 1 is 0.864 bits per heavy atom. The maximum atomic E-state index is 10.8. The van der Waals surface area contributed by atoms with E-state index in [0.29, 0.717) is 30.2 Å². The SMILES string of the molecule is CCC1OC1C/C=C\CC1OC1CCCCCCCC(C)=O. The Balaban J connectivity index is 1.36. The molecule has 2 rings (SSSR count). The van der Waals surface area contributed by atoms with Gasteiger partial charge in [0, 0.05) is 6.42 Å². The standard InChI is InChI=1S/C19H32O3/c1-3-16-17(21-16)13-9-10-14-19-18(22-19)12-8-6-4-5-7-11-15(2)20/h9-10,16-19H,3-8,11-14H2,1-2H3/b10-9-. The van der Waals surface area contributed by atoms with Crippen LogP contribution in [0.2, 0.25) is 0 Å². The van der Waals surface area contributed by atoms with Crippen LogP contribution in [0.15, 0.2) is 12.2 Å². The highest BCUT2D eigenvalue weighted by atomic mass is 16.6. The van der Waals surface area contributed by atoms with Gasteiger partial charge >= 0.3 is 0 Å². The van der Waals surface area contributed by atoms with Crippen LogP contribution in [0.4, 0.5) is 0 Å². The number of carbonyl (C=O) groups is 1. The molecule has 126 valence electrons. The van der Waals surface area contributed by atoms with Crippen molar-refractivity contribution < 1.29 is 14.3 Å². The molecule has 4 atom stereocenters. The summed E-state index contributed by atoms with van der Waals surface area (Å²) in [6.45, 7) is 3.86. The number of ether oxygens (including phenoxy) is 2. The van der Waals surface area contributed by atoms with Gasteiger partial charge in [-0.1, -0.05) is 44.8 Å². The molecule has 2 saturated heterocycles. The summed E-state index contributed by atoms with van der Waals surface area (Å²) in [4.78, 5) is 10.8. The van der Waals surface area contributed by atoms with Crippen molar-refractivity contribution in [2.45, 2.75) is 102 Å². The Kier molecular flexibility index (Phi) is 7.61. The quantitative estimate of drug-likeness (QED) is 0.284. The lowest BCUT2D eigenvalue weighted by Crippen LogP contribution is -1.94. The lowest BCUT2D eigenvalue weighted by atomic mass is 10.1. The molecular formula is C19H32O3. The topological polar surface area (TPSA) is 42.1 Å². The Bertz CT molecular complexity index is 364. The lowest BCUT2D eigenvalue weighted by Gasteiger charge is -1.99. The summed E-state index contributed by atoms with van der Waals surface area (Å²) in [5.41, 5.74) is 0. The molecule has 0 bridgehead atoms. The first kappa shape index (κ1) is 17.7. The zero-order valence-corrected chi connectivity index (χ0v) is 14.3. The van der Waals surface area contributed by atoms with E-state index in [0.717, 1.165) is 32.1 Å². The molecule has 0 aromatic heterocycles. The average molecular weight is 308 g/mol. The fraction of sp³-hybridized carbons (Fsp3) is 0.842. The molecule has 0 N–H and O–H groups in total. The van der Waals surface area contributed by atoms with Crippen molar-refractivity contribution in [2.75, 3.05) is 0 Å². The van der Waals surface area contributed by atoms with Crippen LogP contribution in [-0.2, 0) is 14.3 Å². The molecule has 2 fully saturated rings. The number of rotatable bonds is 13. The van der Waals surface area contributed by atoms with Gasteiger partial charge in [-0.3, -0.25) is 0 Å². The van der Waals surface area contributed by atoms with Gasteiger partial charge in [-0.15, -0.1) is 0 Å². The maximum absolute atomic E-state index is 10.8. The van der Waals surface area contributed by atoms with Crippen molar-refractivity contribution >= 4 is 5.78 Å². The molecule has 0 aliphatic carbocycles. The van der Waals surface area contributed by atoms with E-state index in [2.05, 4.69) is 19.1 Å². The summed E-state index contributed by atoms with van der Waals surface area (Å²) in [5.74, 6) is 0.320. The van der Waals surface area contributed by atoms with Crippen LogP contribution in [0.25, 0.3) is 0 Å². The van der Waals surface area contributed by atoms with Gasteiger partial charge in [-0.05, 0) is 39.0 Å². The van der Waals surface area contributed by atoms with Crippen LogP contribution in [0.1, 0.15) is 78.1 Å². The number of carbonyl (C=O) groups excluding carboxylic acids is 1. The Morgan fingerprint density at radius 3 is 2.09 bits per heavy atom. The van der Waals surface area contributed by atoms with Crippen LogP contribution in [0.3, 0.4) is 0 Å². The summed E-state index contributed by atoms with van der Waals surface area (Å²) >= 11 is 0. The van der Waals surface area contributed by atoms with E-state index < -0.39 is 0 Å². The average Bonchev–Trinajstić information content (AvgIpc) is 3.39. The van der Waals surface area contributed by atoms with E-state index in [4.69, 9.17) is 9.47 Å². The highest BCUT2D eigenvalue weighted by Gasteiger charge is 2.37. The summed E-state index contributed by atoms with van der Waals surface area (Å²) < 4.78 is 11.2. The van der Waals surface area contributed by atoms with Crippen molar-refractivity contribution in [3.8, 4) is 0 Å². The summed E-state index contributed by atoms with van der Waals surface area (Å²) in [6, 6.07) is 0. The molecule has 0 aromatic carbocycles. The van der Waals surface area contributed by atoms with Gasteiger partial charge in [0.1, 0.15) is 5.78 Å². The second-order valence-electron chi connectivity index (χ2n) is 6.79. The van der Waals surface area contributed by atoms with Gasteiger partial charge in [-0.25, -0.2) is 0 Å². The number of hydrogen-bond acceptors (Lipinski definition) is 3. The zero-order valence-electron chi connectivity index (χ0n) is 14.3. The second-order valence-corrected chi connectivity index (χ2v) is 6.79. The van der Waals surface area contributed by atoms with Gasteiger partial charge in [0.2, 0.25) is 0 Å². The third kappa shape index (κ3) is 7.06. The van der Waals surface area contributed by atoms with Crippen molar-refractivity contribution in [2.24, 2.45) is 0 Å². The van der Waals surface area contributed by atoms with E-state index in [9.17, 15) is 4.79 Å². The fourth-order valence-corrected chi connectivity index (χ4v) is 3.10. The third-order valence-corrected chi connectivity index (χ3v) is 4.70. The van der Waals surface area contributed by atoms with E-state index in [1.807, 2.05) is 0 Å². The van der Waals surface area contributed by atoms with Gasteiger partial charge in [-0.2, -0.15) is 0 Å². The molecule has 4 unspecified atom stereocenters. The molecule has 2 aliphatic heterocycles. The van der Waals surface area contributed by atoms with Crippen molar-refractivity contribution in [3.05, 3.63) is 12.2 Å². The normalized spacial score (nSPS) is 29.9. The van der Waals surface area contributed by atoms with Crippen molar-refractivity contribution in [1.82, 2.24) is 0 Å². The Labute approximate surface area is 135 Å². The number of unbranched alkanes of at least 4 members (excludes halogenated alkanes) is 4. The van der Waals surface area contributed by atoms with Gasteiger partial charge in [0.05, 0.1) is 24.4 Å². The molecule has 0 radical (unpaired) electrons. The van der Waals surface area contributed by atoms with Crippen molar-refractivity contribution in [1.29, 1.82) is 0 Å². The molecule has 0 aromatic rings. The van der Waals surface area contributed by atoms with Crippen LogP contribution in [0, 0.1) is 0 Å². The third-order valence-electron chi connectivity index (χ3n) is 4.70. The van der Waals surface area contributed by atoms with Crippen LogP contribution in [0.5, 0.6) is 0 Å². The molecule has 3 nitrogen and oxygen atoms in total. The highest BCUT2D eigenvalue weighted by molar-refractivity contribution is 5.75. The number of ketones is 1. The Morgan fingerprint density at radius 2 is 1.45 bits per heavy atom. The van der Waals surface area contributed by atoms with E-state index >= 15 is 0 Å². The Hall–Kier alpha value is -0.670. The van der Waals surface area contributed by atoms with Crippen LogP contribution >= 0.6 is 0 Å². The van der Waals surface area contributed by atoms with E-state index in [1.165, 1.54) is 32.1 Å². The molecule has 0 amide bonds. The number of epoxide rings is 2. The number of Topliss-reactive ketones (excluding diaryl/α,β-unsaturated/α-hetero) is 1. The van der Waals surface area contributed by atoms with E-state index in [-0.39, 0.29) is 0 Å². The minimum atomic E-state index is 0.320. The molecule has 3 heteroatoms. The minimum absolute atomic E-state index is 0.320. The van der Waals surface area contributed by atoms with Gasteiger partial charge in [0.25, 0.3) is 0 Å².